The van der Waals surface area contributed by atoms with E-state index < -0.39 is 116 Å². The van der Waals surface area contributed by atoms with Crippen LogP contribution in [0.3, 0.4) is 0 Å². The SMILES string of the molecule is NCC(=O)N1CCC[C@H]1C(=O)NCC(=O)N1CCC[C@H]1C(=O)N[C@@H](Cc1c[nH]cn1)C(=O)NCC(=O)N1CCC[C@H]1C(=O)N[C@@H](CO)C(=O)NCC(=O)N1CCC[C@H]1C(=O)O. The molecule has 0 radical (unpaired) electrons. The van der Waals surface area contributed by atoms with Gasteiger partial charge < -0.3 is 67.1 Å². The highest BCUT2D eigenvalue weighted by atomic mass is 16.4. The largest absolute Gasteiger partial charge is 0.480 e. The lowest BCUT2D eigenvalue weighted by molar-refractivity contribution is -0.148. The number of aliphatic hydroxyl groups excluding tert-OH is 1. The summed E-state index contributed by atoms with van der Waals surface area (Å²) >= 11 is 0. The van der Waals surface area contributed by atoms with Gasteiger partial charge in [0.1, 0.15) is 36.3 Å². The van der Waals surface area contributed by atoms with E-state index in [4.69, 9.17) is 5.73 Å². The third kappa shape index (κ3) is 11.6. The van der Waals surface area contributed by atoms with Crippen molar-refractivity contribution in [3.8, 4) is 0 Å². The Morgan fingerprint density at radius 1 is 0.639 bits per heavy atom. The third-order valence-electron chi connectivity index (χ3n) is 11.3. The maximum Gasteiger partial charge on any atom is 0.326 e. The number of aliphatic hydroxyl groups is 1. The zero-order chi connectivity index (χ0) is 44.2. The second-order valence-electron chi connectivity index (χ2n) is 15.2. The highest BCUT2D eigenvalue weighted by molar-refractivity contribution is 5.97. The molecule has 5 rings (SSSR count). The smallest absolute Gasteiger partial charge is 0.326 e. The van der Waals surface area contributed by atoms with E-state index in [2.05, 4.69) is 36.6 Å². The number of carbonyl (C=O) groups is 10. The van der Waals surface area contributed by atoms with Gasteiger partial charge in [-0.1, -0.05) is 0 Å². The van der Waals surface area contributed by atoms with Crippen LogP contribution in [0.2, 0.25) is 0 Å². The van der Waals surface area contributed by atoms with Gasteiger partial charge in [-0.3, -0.25) is 43.2 Å². The van der Waals surface area contributed by atoms with Gasteiger partial charge in [0.2, 0.25) is 53.2 Å². The first-order valence-electron chi connectivity index (χ1n) is 20.4. The van der Waals surface area contributed by atoms with E-state index in [0.717, 1.165) is 4.90 Å². The maximum atomic E-state index is 13.6. The topological polar surface area (TPSA) is 339 Å². The van der Waals surface area contributed by atoms with Crippen LogP contribution in [0.15, 0.2) is 12.5 Å². The van der Waals surface area contributed by atoms with Gasteiger partial charge in [0.05, 0.1) is 44.8 Å². The summed E-state index contributed by atoms with van der Waals surface area (Å²) in [5.41, 5.74) is 5.87. The molecule has 10 N–H and O–H groups in total. The Morgan fingerprint density at radius 3 is 1.52 bits per heavy atom. The van der Waals surface area contributed by atoms with Crippen LogP contribution in [0.1, 0.15) is 57.1 Å². The molecule has 6 atom stereocenters. The molecule has 4 saturated heterocycles. The van der Waals surface area contributed by atoms with E-state index in [1.807, 2.05) is 0 Å². The van der Waals surface area contributed by atoms with Crippen LogP contribution in [-0.4, -0.2) is 194 Å². The number of hydrogen-bond acceptors (Lipinski definition) is 13. The molecule has 0 unspecified atom stereocenters. The Bertz CT molecular complexity index is 1830. The zero-order valence-electron chi connectivity index (χ0n) is 33.6. The minimum Gasteiger partial charge on any atom is -0.480 e. The molecule has 1 aromatic rings. The van der Waals surface area contributed by atoms with Crippen LogP contribution in [0, 0.1) is 0 Å². The van der Waals surface area contributed by atoms with Gasteiger partial charge in [0.25, 0.3) is 0 Å². The highest BCUT2D eigenvalue weighted by Crippen LogP contribution is 2.21. The lowest BCUT2D eigenvalue weighted by Crippen LogP contribution is -2.57. The van der Waals surface area contributed by atoms with Crippen molar-refractivity contribution in [3.63, 3.8) is 0 Å². The van der Waals surface area contributed by atoms with Crippen molar-refractivity contribution in [2.45, 2.75) is 94.0 Å². The number of amides is 9. The van der Waals surface area contributed by atoms with Crippen molar-refractivity contribution < 1.29 is 58.2 Å². The predicted octanol–water partition coefficient (Wildman–Crippen LogP) is -5.73. The van der Waals surface area contributed by atoms with Crippen LogP contribution in [0.4, 0.5) is 0 Å². The van der Waals surface area contributed by atoms with Gasteiger partial charge in [-0.05, 0) is 51.4 Å². The van der Waals surface area contributed by atoms with E-state index in [1.54, 1.807) is 0 Å². The summed E-state index contributed by atoms with van der Waals surface area (Å²) in [6, 6.07) is -6.51. The molecule has 9 amide bonds. The molecule has 4 aliphatic rings. The number of likely N-dealkylation sites (tertiary alicyclic amines) is 4. The number of carboxylic acid groups (broad SMARTS) is 1. The summed E-state index contributed by atoms with van der Waals surface area (Å²) in [7, 11) is 0. The number of aromatic amines is 1. The Balaban J connectivity index is 1.12. The zero-order valence-corrected chi connectivity index (χ0v) is 33.6. The molecule has 0 bridgehead atoms. The first kappa shape index (κ1) is 45.9. The molecule has 0 aliphatic carbocycles. The molecule has 0 spiro atoms. The molecule has 334 valence electrons. The Kier molecular flexibility index (Phi) is 16.1. The highest BCUT2D eigenvalue weighted by Gasteiger charge is 2.40. The average molecular weight is 859 g/mol. The number of nitrogens with zero attached hydrogens (tertiary/aromatic N) is 5. The maximum absolute atomic E-state index is 13.6. The van der Waals surface area contributed by atoms with E-state index in [1.165, 1.54) is 27.2 Å². The minimum atomic E-state index is -1.49. The van der Waals surface area contributed by atoms with Crippen LogP contribution in [0.5, 0.6) is 0 Å². The number of carbonyl (C=O) groups excluding carboxylic acids is 9. The van der Waals surface area contributed by atoms with Crippen LogP contribution in [0.25, 0.3) is 0 Å². The van der Waals surface area contributed by atoms with Gasteiger partial charge >= 0.3 is 5.97 Å². The molecule has 4 aliphatic heterocycles. The van der Waals surface area contributed by atoms with Crippen LogP contribution in [-0.2, 0) is 54.4 Å². The standard InChI is InChI=1S/C37H54N12O12/c38-14-28(51)46-9-1-5-24(46)34(57)42-18-30(53)47-10-2-6-25(47)35(58)44-22(13-21-15-39-20-43-21)32(55)40-16-29(52)48-11-3-7-26(48)36(59)45-23(19-50)33(56)41-17-31(54)49-12-4-8-27(49)37(60)61/h15,20,22-27,50H,1-14,16-19,38H2,(H,39,43)(H,40,55)(H,41,56)(H,42,57)(H,44,58)(H,45,59)(H,60,61)/t22-,23-,24-,25-,26-,27-/m0/s1. The Labute approximate surface area is 350 Å². The molecule has 0 saturated carbocycles. The fourth-order valence-electron chi connectivity index (χ4n) is 8.16. The fourth-order valence-corrected chi connectivity index (χ4v) is 8.16. The number of rotatable bonds is 18. The average Bonchev–Trinajstić information content (AvgIpc) is 4.11. The molecule has 1 aromatic heterocycles. The second-order valence-corrected chi connectivity index (χ2v) is 15.2. The first-order chi connectivity index (χ1) is 29.2. The van der Waals surface area contributed by atoms with E-state index in [9.17, 15) is 58.2 Å². The fraction of sp³-hybridized carbons (Fsp3) is 0.649. The molecule has 4 fully saturated rings. The number of carboxylic acids is 1. The normalized spacial score (nSPS) is 22.0. The van der Waals surface area contributed by atoms with Crippen molar-refractivity contribution in [1.82, 2.24) is 56.2 Å². The quantitative estimate of drug-likeness (QED) is 0.0665. The number of imidazole rings is 1. The second kappa shape index (κ2) is 21.4. The van der Waals surface area contributed by atoms with Crippen molar-refractivity contribution in [1.29, 1.82) is 0 Å². The van der Waals surface area contributed by atoms with Gasteiger partial charge in [0, 0.05) is 38.8 Å². The molecule has 24 heteroatoms. The number of H-pyrrole nitrogens is 1. The molecule has 5 heterocycles. The summed E-state index contributed by atoms with van der Waals surface area (Å²) < 4.78 is 0. The van der Waals surface area contributed by atoms with Crippen LogP contribution >= 0.6 is 0 Å². The van der Waals surface area contributed by atoms with Gasteiger partial charge in [-0.15, -0.1) is 0 Å². The minimum absolute atomic E-state index is 0.0888. The summed E-state index contributed by atoms with van der Waals surface area (Å²) in [6.45, 7) is -1.67. The lowest BCUT2D eigenvalue weighted by Gasteiger charge is -2.28. The first-order valence-corrected chi connectivity index (χ1v) is 20.4. The Morgan fingerprint density at radius 2 is 1.07 bits per heavy atom. The molecule has 61 heavy (non-hydrogen) atoms. The summed E-state index contributed by atoms with van der Waals surface area (Å²) in [5.74, 6) is -6.89. The number of nitrogens with one attached hydrogen (secondary N) is 6. The van der Waals surface area contributed by atoms with Crippen LogP contribution < -0.4 is 32.3 Å². The van der Waals surface area contributed by atoms with Crippen molar-refractivity contribution in [3.05, 3.63) is 18.2 Å². The molecule has 24 nitrogen and oxygen atoms in total. The Hall–Kier alpha value is -6.17. The number of nitrogens with two attached hydrogens (primary N) is 1. The lowest BCUT2D eigenvalue weighted by atomic mass is 10.1. The van der Waals surface area contributed by atoms with E-state index >= 15 is 0 Å². The number of aromatic nitrogens is 2. The summed E-state index contributed by atoms with van der Waals surface area (Å²) in [4.78, 5) is 141. The molecular weight excluding hydrogens is 804 g/mol. The van der Waals surface area contributed by atoms with Gasteiger partial charge in [0.15, 0.2) is 0 Å². The van der Waals surface area contributed by atoms with E-state index in [0.29, 0.717) is 44.3 Å². The monoisotopic (exact) mass is 858 g/mol. The van der Waals surface area contributed by atoms with Gasteiger partial charge in [-0.25, -0.2) is 9.78 Å². The number of aliphatic carboxylic acids is 1. The van der Waals surface area contributed by atoms with Crippen molar-refractivity contribution in [2.75, 3.05) is 59.0 Å². The van der Waals surface area contributed by atoms with E-state index in [-0.39, 0.29) is 57.8 Å². The molecular formula is C37H54N12O12. The summed E-state index contributed by atoms with van der Waals surface area (Å²) in [6.07, 6.45) is 6.00. The van der Waals surface area contributed by atoms with Gasteiger partial charge in [-0.2, -0.15) is 0 Å². The third-order valence-corrected chi connectivity index (χ3v) is 11.3. The van der Waals surface area contributed by atoms with Crippen molar-refractivity contribution >= 4 is 59.1 Å². The number of hydrogen-bond donors (Lipinski definition) is 9. The predicted molar refractivity (Wildman–Crippen MR) is 208 cm³/mol. The van der Waals surface area contributed by atoms with Crippen molar-refractivity contribution in [2.24, 2.45) is 5.73 Å². The molecule has 0 aromatic carbocycles. The summed E-state index contributed by atoms with van der Waals surface area (Å²) in [5, 5.41) is 31.7.